The van der Waals surface area contributed by atoms with Crippen LogP contribution >= 0.6 is 0 Å². The number of urea groups is 1. The average molecular weight is 289 g/mol. The van der Waals surface area contributed by atoms with Crippen molar-refractivity contribution in [1.82, 2.24) is 10.6 Å². The second-order valence-electron chi connectivity index (χ2n) is 5.31. The molecule has 0 aliphatic carbocycles. The van der Waals surface area contributed by atoms with Gasteiger partial charge in [-0.3, -0.25) is 10.1 Å². The van der Waals surface area contributed by atoms with Crippen LogP contribution < -0.4 is 15.5 Å². The van der Waals surface area contributed by atoms with Gasteiger partial charge in [0.1, 0.15) is 5.54 Å². The van der Waals surface area contributed by atoms with Gasteiger partial charge in [-0.15, -0.1) is 0 Å². The van der Waals surface area contributed by atoms with Gasteiger partial charge in [0.15, 0.2) is 0 Å². The number of aryl methyl sites for hydroxylation is 1. The molecule has 21 heavy (non-hydrogen) atoms. The lowest BCUT2D eigenvalue weighted by atomic mass is 9.87. The molecule has 5 nitrogen and oxygen atoms in total. The Labute approximate surface area is 125 Å². The Bertz CT molecular complexity index is 517. The SMILES string of the molecule is CC.Cc1ccc(N2CCC3(CC2)NC(=O)NC3=O)cc1. The predicted molar refractivity (Wildman–Crippen MR) is 83.4 cm³/mol. The van der Waals surface area contributed by atoms with Crippen molar-refractivity contribution in [3.63, 3.8) is 0 Å². The minimum absolute atomic E-state index is 0.180. The summed E-state index contributed by atoms with van der Waals surface area (Å²) in [4.78, 5) is 25.3. The Morgan fingerprint density at radius 1 is 1.05 bits per heavy atom. The molecule has 2 fully saturated rings. The fourth-order valence-electron chi connectivity index (χ4n) is 2.78. The number of hydrogen-bond donors (Lipinski definition) is 2. The highest BCUT2D eigenvalue weighted by atomic mass is 16.2. The maximum absolute atomic E-state index is 11.8. The number of carbonyl (C=O) groups excluding carboxylic acids is 2. The molecule has 1 aromatic rings. The topological polar surface area (TPSA) is 61.4 Å². The van der Waals surface area contributed by atoms with E-state index in [0.29, 0.717) is 12.8 Å². The van der Waals surface area contributed by atoms with Gasteiger partial charge in [-0.25, -0.2) is 4.79 Å². The van der Waals surface area contributed by atoms with Gasteiger partial charge in [-0.1, -0.05) is 31.5 Å². The molecule has 2 aliphatic heterocycles. The molecule has 1 spiro atoms. The molecule has 0 saturated carbocycles. The standard InChI is InChI=1S/C14H17N3O2.C2H6/c1-10-2-4-11(5-3-10)17-8-6-14(7-9-17)12(18)15-13(19)16-14;1-2/h2-5H,6-9H2,1H3,(H2,15,16,18,19);1-2H3. The van der Waals surface area contributed by atoms with Crippen molar-refractivity contribution < 1.29 is 9.59 Å². The van der Waals surface area contributed by atoms with E-state index in [1.165, 1.54) is 11.3 Å². The lowest BCUT2D eigenvalue weighted by molar-refractivity contribution is -0.124. The van der Waals surface area contributed by atoms with E-state index in [-0.39, 0.29) is 11.9 Å². The maximum Gasteiger partial charge on any atom is 0.322 e. The first kappa shape index (κ1) is 15.4. The maximum atomic E-state index is 11.8. The number of amides is 3. The molecule has 3 rings (SSSR count). The van der Waals surface area contributed by atoms with Crippen LogP contribution in [0, 0.1) is 6.92 Å². The van der Waals surface area contributed by atoms with Gasteiger partial charge in [0.2, 0.25) is 0 Å². The Balaban J connectivity index is 0.000000774. The van der Waals surface area contributed by atoms with Crippen molar-refractivity contribution in [2.75, 3.05) is 18.0 Å². The van der Waals surface area contributed by atoms with E-state index in [1.807, 2.05) is 13.8 Å². The van der Waals surface area contributed by atoms with Crippen LogP contribution in [0.5, 0.6) is 0 Å². The summed E-state index contributed by atoms with van der Waals surface area (Å²) in [5, 5.41) is 5.11. The van der Waals surface area contributed by atoms with Crippen LogP contribution in [0.25, 0.3) is 0 Å². The smallest absolute Gasteiger partial charge is 0.322 e. The second kappa shape index (κ2) is 6.16. The van der Waals surface area contributed by atoms with Gasteiger partial charge >= 0.3 is 6.03 Å². The first-order valence-electron chi connectivity index (χ1n) is 7.54. The Kier molecular flexibility index (Phi) is 4.50. The fourth-order valence-corrected chi connectivity index (χ4v) is 2.78. The van der Waals surface area contributed by atoms with E-state index < -0.39 is 5.54 Å². The van der Waals surface area contributed by atoms with Gasteiger partial charge < -0.3 is 10.2 Å². The van der Waals surface area contributed by atoms with Crippen molar-refractivity contribution >= 4 is 17.6 Å². The first-order valence-corrected chi connectivity index (χ1v) is 7.54. The third-order valence-electron chi connectivity index (χ3n) is 4.03. The van der Waals surface area contributed by atoms with E-state index in [2.05, 4.69) is 46.7 Å². The van der Waals surface area contributed by atoms with E-state index in [1.54, 1.807) is 0 Å². The number of carbonyl (C=O) groups is 2. The molecule has 0 aromatic heterocycles. The van der Waals surface area contributed by atoms with Crippen molar-refractivity contribution in [2.45, 2.75) is 39.2 Å². The number of benzene rings is 1. The van der Waals surface area contributed by atoms with Gasteiger partial charge in [0, 0.05) is 18.8 Å². The summed E-state index contributed by atoms with van der Waals surface area (Å²) in [7, 11) is 0. The van der Waals surface area contributed by atoms with Crippen molar-refractivity contribution in [3.8, 4) is 0 Å². The first-order chi connectivity index (χ1) is 10.1. The molecule has 5 heteroatoms. The summed E-state index contributed by atoms with van der Waals surface area (Å²) in [6.07, 6.45) is 1.30. The highest BCUT2D eigenvalue weighted by molar-refractivity contribution is 6.07. The Morgan fingerprint density at radius 3 is 2.10 bits per heavy atom. The third-order valence-corrected chi connectivity index (χ3v) is 4.03. The van der Waals surface area contributed by atoms with Crippen LogP contribution in [0.15, 0.2) is 24.3 Å². The third kappa shape index (κ3) is 3.01. The molecule has 0 radical (unpaired) electrons. The number of nitrogens with one attached hydrogen (secondary N) is 2. The summed E-state index contributed by atoms with van der Waals surface area (Å²) < 4.78 is 0. The number of hydrogen-bond acceptors (Lipinski definition) is 3. The van der Waals surface area contributed by atoms with E-state index >= 15 is 0 Å². The second-order valence-corrected chi connectivity index (χ2v) is 5.31. The van der Waals surface area contributed by atoms with Crippen LogP contribution in [0.4, 0.5) is 10.5 Å². The van der Waals surface area contributed by atoms with E-state index in [0.717, 1.165) is 13.1 Å². The quantitative estimate of drug-likeness (QED) is 0.779. The zero-order chi connectivity index (χ0) is 15.5. The molecule has 0 atom stereocenters. The van der Waals surface area contributed by atoms with Crippen LogP contribution in [-0.4, -0.2) is 30.6 Å². The number of anilines is 1. The zero-order valence-corrected chi connectivity index (χ0v) is 12.9. The molecule has 2 saturated heterocycles. The minimum Gasteiger partial charge on any atom is -0.371 e. The van der Waals surface area contributed by atoms with E-state index in [4.69, 9.17) is 0 Å². The average Bonchev–Trinajstić information content (AvgIpc) is 2.77. The zero-order valence-electron chi connectivity index (χ0n) is 12.9. The van der Waals surface area contributed by atoms with Crippen molar-refractivity contribution in [2.24, 2.45) is 0 Å². The predicted octanol–water partition coefficient (Wildman–Crippen LogP) is 2.20. The van der Waals surface area contributed by atoms with Gasteiger partial charge in [-0.2, -0.15) is 0 Å². The minimum atomic E-state index is -0.682. The van der Waals surface area contributed by atoms with Crippen LogP contribution in [-0.2, 0) is 4.79 Å². The number of imide groups is 1. The van der Waals surface area contributed by atoms with Gasteiger partial charge in [0.25, 0.3) is 5.91 Å². The summed E-state index contributed by atoms with van der Waals surface area (Å²) in [5.41, 5.74) is 1.73. The summed E-state index contributed by atoms with van der Waals surface area (Å²) in [5.74, 6) is -0.180. The highest BCUT2D eigenvalue weighted by Crippen LogP contribution is 2.28. The number of rotatable bonds is 1. The molecule has 1 aromatic carbocycles. The fraction of sp³-hybridized carbons (Fsp3) is 0.500. The highest BCUT2D eigenvalue weighted by Gasteiger charge is 2.47. The number of nitrogens with zero attached hydrogens (tertiary/aromatic N) is 1. The summed E-state index contributed by atoms with van der Waals surface area (Å²) >= 11 is 0. The summed E-state index contributed by atoms with van der Waals surface area (Å²) in [6, 6.07) is 8.00. The van der Waals surface area contributed by atoms with Crippen molar-refractivity contribution in [1.29, 1.82) is 0 Å². The molecule has 114 valence electrons. The molecule has 2 N–H and O–H groups in total. The molecule has 3 amide bonds. The molecular formula is C16H23N3O2. The number of piperidine rings is 1. The van der Waals surface area contributed by atoms with Crippen molar-refractivity contribution in [3.05, 3.63) is 29.8 Å². The molecule has 2 aliphatic rings. The Morgan fingerprint density at radius 2 is 1.62 bits per heavy atom. The van der Waals surface area contributed by atoms with Crippen LogP contribution in [0.3, 0.4) is 0 Å². The normalized spacial score (nSPS) is 19.7. The largest absolute Gasteiger partial charge is 0.371 e. The molecule has 2 heterocycles. The summed E-state index contributed by atoms with van der Waals surface area (Å²) in [6.45, 7) is 7.61. The molecule has 0 unspecified atom stereocenters. The molecule has 0 bridgehead atoms. The van der Waals surface area contributed by atoms with E-state index in [9.17, 15) is 9.59 Å². The van der Waals surface area contributed by atoms with Gasteiger partial charge in [-0.05, 0) is 31.9 Å². The van der Waals surface area contributed by atoms with Crippen LogP contribution in [0.2, 0.25) is 0 Å². The Hall–Kier alpha value is -2.04. The van der Waals surface area contributed by atoms with Crippen LogP contribution in [0.1, 0.15) is 32.3 Å². The monoisotopic (exact) mass is 289 g/mol. The molecular weight excluding hydrogens is 266 g/mol. The lowest BCUT2D eigenvalue weighted by Gasteiger charge is -2.38. The van der Waals surface area contributed by atoms with Gasteiger partial charge in [0.05, 0.1) is 0 Å². The lowest BCUT2D eigenvalue weighted by Crippen LogP contribution is -2.54.